The number of benzene rings is 3. The number of nitrogens with zero attached hydrogens (tertiary/aromatic N) is 5. The second-order valence-corrected chi connectivity index (χ2v) is 12.8. The van der Waals surface area contributed by atoms with Crippen LogP contribution < -0.4 is 0 Å². The predicted molar refractivity (Wildman–Crippen MR) is 180 cm³/mol. The highest BCUT2D eigenvalue weighted by Crippen LogP contribution is 2.43. The van der Waals surface area contributed by atoms with E-state index in [1.807, 2.05) is 54.7 Å². The largest absolute Gasteiger partial charge is 0.461 e. The molecule has 6 aromatic rings. The zero-order chi connectivity index (χ0) is 31.0. The van der Waals surface area contributed by atoms with Crippen LogP contribution in [0.1, 0.15) is 43.0 Å². The van der Waals surface area contributed by atoms with Crippen molar-refractivity contribution in [1.82, 2.24) is 24.3 Å². The monoisotopic (exact) mass is 627 g/mol. The molecule has 0 spiro atoms. The average molecular weight is 628 g/mol. The number of halogens is 1. The van der Waals surface area contributed by atoms with Crippen molar-refractivity contribution in [3.8, 4) is 22.5 Å². The molecule has 3 aromatic heterocycles. The molecule has 8 rings (SSSR count). The maximum atomic E-state index is 12.7. The summed E-state index contributed by atoms with van der Waals surface area (Å²) in [5.41, 5.74) is 6.60. The first-order valence-electron chi connectivity index (χ1n) is 16.0. The average Bonchev–Trinajstić information content (AvgIpc) is 3.47. The highest BCUT2D eigenvalue weighted by molar-refractivity contribution is 6.33. The molecule has 0 unspecified atom stereocenters. The molecule has 8 heteroatoms. The summed E-state index contributed by atoms with van der Waals surface area (Å²) in [6, 6.07) is 31.1. The minimum atomic E-state index is -0.0722. The molecule has 0 atom stereocenters. The van der Waals surface area contributed by atoms with E-state index in [1.165, 1.54) is 0 Å². The van der Waals surface area contributed by atoms with Gasteiger partial charge in [0.25, 0.3) is 0 Å². The second kappa shape index (κ2) is 12.3. The van der Waals surface area contributed by atoms with Crippen molar-refractivity contribution in [3.63, 3.8) is 0 Å². The Morgan fingerprint density at radius 3 is 2.39 bits per heavy atom. The number of hydrogen-bond acceptors (Lipinski definition) is 6. The number of ether oxygens (including phenoxy) is 1. The highest BCUT2D eigenvalue weighted by atomic mass is 35.5. The summed E-state index contributed by atoms with van der Waals surface area (Å²) >= 11 is 6.73. The van der Waals surface area contributed by atoms with E-state index in [1.54, 1.807) is 6.20 Å². The van der Waals surface area contributed by atoms with Crippen LogP contribution in [0.3, 0.4) is 0 Å². The van der Waals surface area contributed by atoms with Crippen molar-refractivity contribution in [2.24, 2.45) is 5.92 Å². The molecule has 0 bridgehead atoms. The van der Waals surface area contributed by atoms with Crippen LogP contribution in [-0.4, -0.2) is 49.4 Å². The third-order valence-corrected chi connectivity index (χ3v) is 9.93. The summed E-state index contributed by atoms with van der Waals surface area (Å²) in [5, 5.41) is 1.52. The van der Waals surface area contributed by atoms with Gasteiger partial charge in [-0.1, -0.05) is 90.5 Å². The summed E-state index contributed by atoms with van der Waals surface area (Å²) in [5.74, 6) is 1.25. The van der Waals surface area contributed by atoms with Crippen molar-refractivity contribution in [1.29, 1.82) is 0 Å². The van der Waals surface area contributed by atoms with Crippen LogP contribution in [0, 0.1) is 5.92 Å². The van der Waals surface area contributed by atoms with Gasteiger partial charge in [-0.15, -0.1) is 0 Å². The van der Waals surface area contributed by atoms with Gasteiger partial charge in [0.05, 0.1) is 22.8 Å². The Hall–Kier alpha value is -4.59. The van der Waals surface area contributed by atoms with Crippen LogP contribution in [-0.2, 0) is 16.1 Å². The maximum Gasteiger partial charge on any atom is 0.309 e. The second-order valence-electron chi connectivity index (χ2n) is 12.5. The van der Waals surface area contributed by atoms with Gasteiger partial charge in [0.15, 0.2) is 5.15 Å². The molecule has 2 aliphatic rings. The molecular weight excluding hydrogens is 594 g/mol. The Kier molecular flexibility index (Phi) is 7.72. The van der Waals surface area contributed by atoms with Crippen molar-refractivity contribution in [2.75, 3.05) is 13.1 Å². The number of fused-ring (bicyclic) bond motifs is 2. The number of carbonyl (C=O) groups is 1. The Morgan fingerprint density at radius 1 is 0.870 bits per heavy atom. The number of piperidine rings is 1. The molecule has 46 heavy (non-hydrogen) atoms. The van der Waals surface area contributed by atoms with E-state index in [0.29, 0.717) is 23.7 Å². The summed E-state index contributed by atoms with van der Waals surface area (Å²) in [7, 11) is 0. The molecule has 0 N–H and O–H groups in total. The normalized spacial score (nSPS) is 18.9. The summed E-state index contributed by atoms with van der Waals surface area (Å²) < 4.78 is 7.75. The summed E-state index contributed by atoms with van der Waals surface area (Å²) in [6.45, 7) is 2.18. The number of aromatic nitrogens is 4. The number of pyridine rings is 1. The van der Waals surface area contributed by atoms with Gasteiger partial charge in [0.1, 0.15) is 17.9 Å². The molecule has 3 aromatic carbocycles. The van der Waals surface area contributed by atoms with Crippen molar-refractivity contribution in [3.05, 3.63) is 120 Å². The summed E-state index contributed by atoms with van der Waals surface area (Å²) in [4.78, 5) is 29.9. The van der Waals surface area contributed by atoms with E-state index in [2.05, 4.69) is 56.7 Å². The molecule has 0 amide bonds. The Balaban J connectivity index is 0.972. The lowest BCUT2D eigenvalue weighted by Gasteiger charge is -2.45. The van der Waals surface area contributed by atoms with Gasteiger partial charge >= 0.3 is 5.97 Å². The van der Waals surface area contributed by atoms with Crippen LogP contribution >= 0.6 is 11.6 Å². The Bertz CT molecular complexity index is 2020. The zero-order valence-electron chi connectivity index (χ0n) is 25.4. The number of carbonyl (C=O) groups excluding carboxylic acids is 1. The third-order valence-electron chi connectivity index (χ3n) is 9.65. The fourth-order valence-corrected chi connectivity index (χ4v) is 7.23. The lowest BCUT2D eigenvalue weighted by molar-refractivity contribution is -0.152. The number of likely N-dealkylation sites (tertiary alicyclic amines) is 1. The van der Waals surface area contributed by atoms with E-state index >= 15 is 0 Å². The van der Waals surface area contributed by atoms with Crippen molar-refractivity contribution >= 4 is 34.0 Å². The molecule has 1 saturated heterocycles. The molecule has 1 saturated carbocycles. The van der Waals surface area contributed by atoms with E-state index in [4.69, 9.17) is 26.3 Å². The standard InChI is InChI=1S/C38H34ClN5O2/c39-36-35-34(29-12-11-27-13-14-32(41-33(27)23-29)26-9-5-2-6-10-26)42-37(44(35)20-17-40-36)30-21-31(22-30)43-18-15-28(16-19-43)38(45)46-24-25-7-3-1-4-8-25/h1-14,17,20,23,28,30-31H,15-16,18-19,21-22,24H2/t30-,31+. The van der Waals surface area contributed by atoms with Crippen LogP contribution in [0.15, 0.2) is 103 Å². The fourth-order valence-electron chi connectivity index (χ4n) is 6.99. The predicted octanol–water partition coefficient (Wildman–Crippen LogP) is 7.97. The third kappa shape index (κ3) is 5.54. The van der Waals surface area contributed by atoms with Gasteiger partial charge < -0.3 is 9.64 Å². The molecule has 2 fully saturated rings. The van der Waals surface area contributed by atoms with E-state index in [9.17, 15) is 4.79 Å². The number of imidazole rings is 1. The lowest BCUT2D eigenvalue weighted by atomic mass is 9.77. The van der Waals surface area contributed by atoms with Crippen LogP contribution in [0.2, 0.25) is 5.15 Å². The Labute approximate surface area is 272 Å². The van der Waals surface area contributed by atoms with Gasteiger partial charge in [-0.2, -0.15) is 0 Å². The topological polar surface area (TPSA) is 72.6 Å². The lowest BCUT2D eigenvalue weighted by Crippen LogP contribution is -2.48. The molecule has 230 valence electrons. The van der Waals surface area contributed by atoms with Gasteiger partial charge in [-0.05, 0) is 56.5 Å². The van der Waals surface area contributed by atoms with Crippen molar-refractivity contribution < 1.29 is 9.53 Å². The van der Waals surface area contributed by atoms with E-state index < -0.39 is 0 Å². The molecule has 1 aliphatic carbocycles. The quantitative estimate of drug-likeness (QED) is 0.167. The van der Waals surface area contributed by atoms with Gasteiger partial charge in [-0.3, -0.25) is 9.20 Å². The molecule has 1 aliphatic heterocycles. The van der Waals surface area contributed by atoms with E-state index in [0.717, 1.165) is 89.1 Å². The molecule has 7 nitrogen and oxygen atoms in total. The summed E-state index contributed by atoms with van der Waals surface area (Å²) in [6.07, 6.45) is 7.46. The van der Waals surface area contributed by atoms with Gasteiger partial charge in [0, 0.05) is 40.9 Å². The first-order valence-corrected chi connectivity index (χ1v) is 16.4. The SMILES string of the molecule is O=C(OCc1ccccc1)C1CCN([C@H]2C[C@@H](c3nc(-c4ccc5ccc(-c6ccccc6)nc5c4)c4c(Cl)nccn43)C2)CC1. The van der Waals surface area contributed by atoms with Crippen molar-refractivity contribution in [2.45, 2.75) is 44.2 Å². The highest BCUT2D eigenvalue weighted by Gasteiger charge is 2.39. The van der Waals surface area contributed by atoms with Crippen LogP contribution in [0.5, 0.6) is 0 Å². The fraction of sp³-hybridized carbons (Fsp3) is 0.263. The molecular formula is C38H34ClN5O2. The zero-order valence-corrected chi connectivity index (χ0v) is 26.2. The molecule has 0 radical (unpaired) electrons. The Morgan fingerprint density at radius 2 is 1.61 bits per heavy atom. The van der Waals surface area contributed by atoms with Crippen LogP contribution in [0.4, 0.5) is 0 Å². The first-order chi connectivity index (χ1) is 22.6. The number of rotatable bonds is 7. The number of esters is 1. The maximum absolute atomic E-state index is 12.7. The first kappa shape index (κ1) is 28.9. The van der Waals surface area contributed by atoms with Gasteiger partial charge in [0.2, 0.25) is 0 Å². The minimum absolute atomic E-state index is 0.0236. The van der Waals surface area contributed by atoms with Gasteiger partial charge in [-0.25, -0.2) is 15.0 Å². The number of hydrogen-bond donors (Lipinski definition) is 0. The molecule has 4 heterocycles. The van der Waals surface area contributed by atoms with E-state index in [-0.39, 0.29) is 11.9 Å². The smallest absolute Gasteiger partial charge is 0.309 e. The van der Waals surface area contributed by atoms with Crippen LogP contribution in [0.25, 0.3) is 38.9 Å². The minimum Gasteiger partial charge on any atom is -0.461 e.